The SMILES string of the molecule is C=CC(=O)N1CC(Nc2snc3c(F)c(Br)c(Cl)cc23)C1. The van der Waals surface area contributed by atoms with E-state index in [2.05, 4.69) is 32.2 Å². The minimum absolute atomic E-state index is 0.0831. The molecule has 0 spiro atoms. The van der Waals surface area contributed by atoms with E-state index < -0.39 is 5.82 Å². The van der Waals surface area contributed by atoms with Gasteiger partial charge in [-0.25, -0.2) is 4.39 Å². The third kappa shape index (κ3) is 2.54. The van der Waals surface area contributed by atoms with Gasteiger partial charge in [0.25, 0.3) is 0 Å². The topological polar surface area (TPSA) is 45.2 Å². The Morgan fingerprint density at radius 1 is 1.67 bits per heavy atom. The van der Waals surface area contributed by atoms with Gasteiger partial charge >= 0.3 is 0 Å². The van der Waals surface area contributed by atoms with Crippen molar-refractivity contribution in [3.8, 4) is 0 Å². The summed E-state index contributed by atoms with van der Waals surface area (Å²) in [7, 11) is 0. The molecule has 0 radical (unpaired) electrons. The number of rotatable bonds is 3. The zero-order valence-electron chi connectivity index (χ0n) is 10.7. The highest BCUT2D eigenvalue weighted by atomic mass is 79.9. The van der Waals surface area contributed by atoms with Crippen LogP contribution in [0.15, 0.2) is 23.2 Å². The summed E-state index contributed by atoms with van der Waals surface area (Å²) in [5, 5.41) is 4.99. The van der Waals surface area contributed by atoms with E-state index in [1.165, 1.54) is 17.6 Å². The quantitative estimate of drug-likeness (QED) is 0.642. The molecule has 3 rings (SSSR count). The van der Waals surface area contributed by atoms with Gasteiger partial charge < -0.3 is 10.2 Å². The standard InChI is InChI=1S/C13H10BrClFN3OS/c1-2-9(20)19-4-6(5-19)17-13-7-3-8(15)10(14)11(16)12(7)18-21-13/h2-3,6,17H,1,4-5H2. The van der Waals surface area contributed by atoms with Gasteiger partial charge in [0.15, 0.2) is 5.82 Å². The number of halogens is 3. The van der Waals surface area contributed by atoms with E-state index in [0.717, 1.165) is 5.00 Å². The fourth-order valence-electron chi connectivity index (χ4n) is 2.16. The van der Waals surface area contributed by atoms with E-state index in [1.54, 1.807) is 11.0 Å². The van der Waals surface area contributed by atoms with Crippen molar-refractivity contribution in [2.75, 3.05) is 18.4 Å². The molecular weight excluding hydrogens is 381 g/mol. The highest BCUT2D eigenvalue weighted by Crippen LogP contribution is 2.37. The van der Waals surface area contributed by atoms with Gasteiger partial charge in [-0.3, -0.25) is 4.79 Å². The summed E-state index contributed by atoms with van der Waals surface area (Å²) in [6.07, 6.45) is 1.30. The van der Waals surface area contributed by atoms with E-state index in [9.17, 15) is 9.18 Å². The Kier molecular flexibility index (Phi) is 3.90. The van der Waals surface area contributed by atoms with Gasteiger partial charge in [-0.05, 0) is 39.6 Å². The largest absolute Gasteiger partial charge is 0.369 e. The molecule has 21 heavy (non-hydrogen) atoms. The lowest BCUT2D eigenvalue weighted by Gasteiger charge is -2.39. The van der Waals surface area contributed by atoms with Crippen molar-refractivity contribution >= 4 is 60.9 Å². The van der Waals surface area contributed by atoms with Crippen LogP contribution in [0.1, 0.15) is 0 Å². The number of anilines is 1. The van der Waals surface area contributed by atoms with Crippen LogP contribution in [0.3, 0.4) is 0 Å². The number of likely N-dealkylation sites (tertiary alicyclic amines) is 1. The summed E-state index contributed by atoms with van der Waals surface area (Å²) in [6.45, 7) is 4.64. The first kappa shape index (κ1) is 14.7. The number of nitrogens with zero attached hydrogens (tertiary/aromatic N) is 2. The number of aromatic nitrogens is 1. The van der Waals surface area contributed by atoms with Gasteiger partial charge in [0.05, 0.1) is 15.5 Å². The Morgan fingerprint density at radius 3 is 3.05 bits per heavy atom. The van der Waals surface area contributed by atoms with E-state index >= 15 is 0 Å². The lowest BCUT2D eigenvalue weighted by molar-refractivity contribution is -0.129. The average Bonchev–Trinajstić information content (AvgIpc) is 2.82. The molecule has 2 heterocycles. The number of amides is 1. The van der Waals surface area contributed by atoms with Crippen molar-refractivity contribution in [3.63, 3.8) is 0 Å². The Balaban J connectivity index is 1.80. The van der Waals surface area contributed by atoms with Crippen molar-refractivity contribution in [1.82, 2.24) is 9.27 Å². The summed E-state index contributed by atoms with van der Waals surface area (Å²) in [5.74, 6) is -0.542. The normalized spacial score (nSPS) is 15.1. The molecule has 0 aliphatic carbocycles. The number of carbonyl (C=O) groups is 1. The van der Waals surface area contributed by atoms with Crippen LogP contribution in [0.2, 0.25) is 5.02 Å². The predicted molar refractivity (Wildman–Crippen MR) is 86.5 cm³/mol. The first-order chi connectivity index (χ1) is 10.0. The zero-order chi connectivity index (χ0) is 15.1. The molecule has 0 bridgehead atoms. The number of hydrogen-bond donors (Lipinski definition) is 1. The average molecular weight is 391 g/mol. The maximum atomic E-state index is 14.0. The zero-order valence-corrected chi connectivity index (χ0v) is 13.9. The van der Waals surface area contributed by atoms with E-state index in [0.29, 0.717) is 23.5 Å². The van der Waals surface area contributed by atoms with Gasteiger partial charge in [0, 0.05) is 18.5 Å². The first-order valence-electron chi connectivity index (χ1n) is 6.12. The molecular formula is C13H10BrClFN3OS. The highest BCUT2D eigenvalue weighted by molar-refractivity contribution is 9.10. The molecule has 1 aliphatic rings. The van der Waals surface area contributed by atoms with E-state index in [-0.39, 0.29) is 21.9 Å². The third-order valence-electron chi connectivity index (χ3n) is 3.31. The molecule has 0 saturated carbocycles. The second kappa shape index (κ2) is 5.55. The monoisotopic (exact) mass is 389 g/mol. The molecule has 1 amide bonds. The Hall–Kier alpha value is -1.18. The smallest absolute Gasteiger partial charge is 0.246 e. The molecule has 1 aromatic carbocycles. The fourth-order valence-corrected chi connectivity index (χ4v) is 3.49. The number of carbonyl (C=O) groups excluding carboxylic acids is 1. The van der Waals surface area contributed by atoms with Gasteiger partial charge in [0.2, 0.25) is 5.91 Å². The molecule has 1 aliphatic heterocycles. The minimum atomic E-state index is -0.459. The van der Waals surface area contributed by atoms with Crippen LogP contribution in [0.5, 0.6) is 0 Å². The van der Waals surface area contributed by atoms with Crippen molar-refractivity contribution in [1.29, 1.82) is 0 Å². The lowest BCUT2D eigenvalue weighted by Crippen LogP contribution is -2.56. The summed E-state index contributed by atoms with van der Waals surface area (Å²) >= 11 is 10.3. The Morgan fingerprint density at radius 2 is 2.38 bits per heavy atom. The lowest BCUT2D eigenvalue weighted by atomic mass is 10.1. The van der Waals surface area contributed by atoms with Gasteiger partial charge in [0.1, 0.15) is 10.5 Å². The van der Waals surface area contributed by atoms with Crippen LogP contribution < -0.4 is 5.32 Å². The van der Waals surface area contributed by atoms with Crippen LogP contribution in [-0.4, -0.2) is 34.3 Å². The maximum absolute atomic E-state index is 14.0. The second-order valence-electron chi connectivity index (χ2n) is 4.68. The maximum Gasteiger partial charge on any atom is 0.246 e. The number of benzene rings is 1. The van der Waals surface area contributed by atoms with Crippen LogP contribution >= 0.6 is 39.1 Å². The molecule has 1 N–H and O–H groups in total. The molecule has 0 unspecified atom stereocenters. The van der Waals surface area contributed by atoms with Crippen LogP contribution in [0.25, 0.3) is 10.9 Å². The summed E-state index contributed by atoms with van der Waals surface area (Å²) in [5.41, 5.74) is 0.289. The minimum Gasteiger partial charge on any atom is -0.369 e. The molecule has 4 nitrogen and oxygen atoms in total. The Labute approximate surface area is 137 Å². The Bertz CT molecular complexity index is 745. The molecule has 2 aromatic rings. The summed E-state index contributed by atoms with van der Waals surface area (Å²) < 4.78 is 18.4. The summed E-state index contributed by atoms with van der Waals surface area (Å²) in [4.78, 5) is 13.1. The number of hydrogen-bond acceptors (Lipinski definition) is 4. The van der Waals surface area contributed by atoms with Crippen LogP contribution in [0.4, 0.5) is 9.39 Å². The molecule has 1 fully saturated rings. The predicted octanol–water partition coefficient (Wildman–Crippen LogP) is 3.66. The van der Waals surface area contributed by atoms with Crippen molar-refractivity contribution < 1.29 is 9.18 Å². The van der Waals surface area contributed by atoms with Crippen molar-refractivity contribution in [2.45, 2.75) is 6.04 Å². The van der Waals surface area contributed by atoms with Gasteiger partial charge in [-0.2, -0.15) is 4.37 Å². The molecule has 1 saturated heterocycles. The van der Waals surface area contributed by atoms with Crippen LogP contribution in [0, 0.1) is 5.82 Å². The highest BCUT2D eigenvalue weighted by Gasteiger charge is 2.30. The van der Waals surface area contributed by atoms with Gasteiger partial charge in [-0.1, -0.05) is 18.2 Å². The molecule has 110 valence electrons. The van der Waals surface area contributed by atoms with E-state index in [1.807, 2.05) is 0 Å². The third-order valence-corrected chi connectivity index (χ3v) is 5.41. The number of nitrogens with one attached hydrogen (secondary N) is 1. The second-order valence-corrected chi connectivity index (χ2v) is 6.66. The van der Waals surface area contributed by atoms with E-state index in [4.69, 9.17) is 11.6 Å². The summed E-state index contributed by atoms with van der Waals surface area (Å²) in [6, 6.07) is 1.81. The number of fused-ring (bicyclic) bond motifs is 1. The van der Waals surface area contributed by atoms with Gasteiger partial charge in [-0.15, -0.1) is 0 Å². The van der Waals surface area contributed by atoms with Crippen molar-refractivity contribution in [2.24, 2.45) is 0 Å². The fraction of sp³-hybridized carbons (Fsp3) is 0.231. The molecule has 0 atom stereocenters. The first-order valence-corrected chi connectivity index (χ1v) is 8.06. The van der Waals surface area contributed by atoms with Crippen LogP contribution in [-0.2, 0) is 4.79 Å². The molecule has 1 aromatic heterocycles. The van der Waals surface area contributed by atoms with Crippen molar-refractivity contribution in [3.05, 3.63) is 34.0 Å². The molecule has 8 heteroatoms.